The molecule has 4 amide bonds. The van der Waals surface area contributed by atoms with E-state index >= 15 is 0 Å². The van der Waals surface area contributed by atoms with Crippen molar-refractivity contribution >= 4 is 23.8 Å². The molecule has 0 radical (unpaired) electrons. The minimum absolute atomic E-state index is 0.155. The van der Waals surface area contributed by atoms with Gasteiger partial charge in [0.15, 0.2) is 0 Å². The molecule has 1 saturated heterocycles. The van der Waals surface area contributed by atoms with Crippen molar-refractivity contribution in [2.75, 3.05) is 20.2 Å². The summed E-state index contributed by atoms with van der Waals surface area (Å²) in [6, 6.07) is 4.49. The predicted octanol–water partition coefficient (Wildman–Crippen LogP) is 0.662. The minimum atomic E-state index is -1.37. The van der Waals surface area contributed by atoms with Crippen LogP contribution in [0.1, 0.15) is 25.3 Å². The van der Waals surface area contributed by atoms with Gasteiger partial charge >= 0.3 is 12.0 Å². The molecule has 0 spiro atoms. The summed E-state index contributed by atoms with van der Waals surface area (Å²) in [7, 11) is 1.27. The van der Waals surface area contributed by atoms with Gasteiger partial charge in [-0.05, 0) is 31.0 Å². The number of carbonyl (C=O) groups is 4. The van der Waals surface area contributed by atoms with Crippen molar-refractivity contribution < 1.29 is 28.3 Å². The number of carbonyl (C=O) groups excluding carboxylic acids is 4. The molecule has 0 bridgehead atoms. The van der Waals surface area contributed by atoms with E-state index in [0.29, 0.717) is 12.0 Å². The van der Waals surface area contributed by atoms with Crippen molar-refractivity contribution in [3.8, 4) is 0 Å². The topological polar surface area (TPSA) is 105 Å². The maximum Gasteiger partial charge on any atom is 0.325 e. The Balaban J connectivity index is 1.95. The number of halogens is 1. The van der Waals surface area contributed by atoms with Gasteiger partial charge in [-0.1, -0.05) is 12.1 Å². The molecule has 2 N–H and O–H groups in total. The first-order valence-electron chi connectivity index (χ1n) is 8.01. The molecule has 1 aromatic carbocycles. The molecule has 1 aromatic rings. The first kappa shape index (κ1) is 19.4. The Morgan fingerprint density at radius 3 is 2.54 bits per heavy atom. The highest BCUT2D eigenvalue weighted by atomic mass is 19.1. The van der Waals surface area contributed by atoms with Gasteiger partial charge in [-0.15, -0.1) is 0 Å². The third kappa shape index (κ3) is 4.16. The second-order valence-electron chi connectivity index (χ2n) is 5.98. The maximum atomic E-state index is 13.1. The summed E-state index contributed by atoms with van der Waals surface area (Å²) in [6.45, 7) is 1.27. The van der Waals surface area contributed by atoms with Crippen molar-refractivity contribution in [1.29, 1.82) is 0 Å². The summed E-state index contributed by atoms with van der Waals surface area (Å²) >= 11 is 0. The van der Waals surface area contributed by atoms with E-state index in [1.54, 1.807) is 0 Å². The van der Waals surface area contributed by atoms with Gasteiger partial charge in [-0.2, -0.15) is 0 Å². The van der Waals surface area contributed by atoms with E-state index in [1.807, 2.05) is 0 Å². The van der Waals surface area contributed by atoms with Gasteiger partial charge in [-0.25, -0.2) is 9.18 Å². The third-order valence-corrected chi connectivity index (χ3v) is 4.11. The largest absolute Gasteiger partial charge is 0.469 e. The van der Waals surface area contributed by atoms with E-state index in [2.05, 4.69) is 15.4 Å². The summed E-state index contributed by atoms with van der Waals surface area (Å²) in [6.07, 6.45) is 0.536. The highest BCUT2D eigenvalue weighted by molar-refractivity contribution is 6.09. The molecule has 1 unspecified atom stereocenters. The fraction of sp³-hybridized carbons (Fsp3) is 0.412. The van der Waals surface area contributed by atoms with Gasteiger partial charge in [0.05, 0.1) is 7.11 Å². The smallest absolute Gasteiger partial charge is 0.325 e. The Morgan fingerprint density at radius 1 is 1.27 bits per heavy atom. The highest BCUT2D eigenvalue weighted by Gasteiger charge is 2.49. The Bertz CT molecular complexity index is 722. The van der Waals surface area contributed by atoms with Gasteiger partial charge in [0, 0.05) is 13.0 Å². The van der Waals surface area contributed by atoms with E-state index in [4.69, 9.17) is 0 Å². The number of nitrogens with one attached hydrogen (secondary N) is 2. The maximum absolute atomic E-state index is 13.1. The number of ether oxygens (including phenoxy) is 1. The molecule has 1 fully saturated rings. The van der Waals surface area contributed by atoms with Crippen LogP contribution in [0.4, 0.5) is 9.18 Å². The normalized spacial score (nSPS) is 19.3. The average Bonchev–Trinajstić information content (AvgIpc) is 2.83. The number of rotatable bonds is 7. The summed E-state index contributed by atoms with van der Waals surface area (Å²) in [4.78, 5) is 48.5. The Labute approximate surface area is 149 Å². The minimum Gasteiger partial charge on any atom is -0.469 e. The van der Waals surface area contributed by atoms with Crippen LogP contribution in [0, 0.1) is 5.82 Å². The van der Waals surface area contributed by atoms with Crippen LogP contribution in [0.3, 0.4) is 0 Å². The third-order valence-electron chi connectivity index (χ3n) is 4.11. The van der Waals surface area contributed by atoms with E-state index < -0.39 is 35.7 Å². The lowest BCUT2D eigenvalue weighted by Gasteiger charge is -2.22. The van der Waals surface area contributed by atoms with Gasteiger partial charge in [-0.3, -0.25) is 19.3 Å². The average molecular weight is 365 g/mol. The molecule has 2 rings (SSSR count). The van der Waals surface area contributed by atoms with Gasteiger partial charge < -0.3 is 15.4 Å². The van der Waals surface area contributed by atoms with Crippen molar-refractivity contribution in [2.45, 2.75) is 25.3 Å². The van der Waals surface area contributed by atoms with Crippen LogP contribution in [0.25, 0.3) is 0 Å². The number of hydrogen-bond donors (Lipinski definition) is 2. The fourth-order valence-corrected chi connectivity index (χ4v) is 2.58. The van der Waals surface area contributed by atoms with Crippen LogP contribution in [-0.4, -0.2) is 48.9 Å². The first-order valence-corrected chi connectivity index (χ1v) is 8.01. The molecule has 140 valence electrons. The van der Waals surface area contributed by atoms with Gasteiger partial charge in [0.1, 0.15) is 17.9 Å². The zero-order chi connectivity index (χ0) is 19.3. The lowest BCUT2D eigenvalue weighted by molar-refractivity contribution is -0.140. The molecular weight excluding hydrogens is 345 g/mol. The second-order valence-corrected chi connectivity index (χ2v) is 5.98. The fourth-order valence-electron chi connectivity index (χ4n) is 2.58. The van der Waals surface area contributed by atoms with Crippen molar-refractivity contribution in [3.05, 3.63) is 35.6 Å². The summed E-state index contributed by atoms with van der Waals surface area (Å²) < 4.78 is 17.6. The standard InChI is InChI=1S/C17H20FN3O5/c1-17(11-5-7-12(18)8-6-11)15(24)21(16(25)20-17)10-13(22)19-9-3-4-14(23)26-2/h5-8H,3-4,9-10H2,1-2H3,(H,19,22)(H,20,25). The number of urea groups is 1. The second kappa shape index (κ2) is 7.94. The number of benzene rings is 1. The lowest BCUT2D eigenvalue weighted by Crippen LogP contribution is -2.43. The first-order chi connectivity index (χ1) is 12.3. The van der Waals surface area contributed by atoms with Crippen LogP contribution < -0.4 is 10.6 Å². The van der Waals surface area contributed by atoms with Crippen LogP contribution >= 0.6 is 0 Å². The van der Waals surface area contributed by atoms with Crippen LogP contribution in [0.2, 0.25) is 0 Å². The van der Waals surface area contributed by atoms with Crippen LogP contribution in [0.15, 0.2) is 24.3 Å². The van der Waals surface area contributed by atoms with Gasteiger partial charge in [0.2, 0.25) is 5.91 Å². The van der Waals surface area contributed by atoms with Crippen LogP contribution in [-0.2, 0) is 24.7 Å². The van der Waals surface area contributed by atoms with Crippen molar-refractivity contribution in [1.82, 2.24) is 15.5 Å². The van der Waals surface area contributed by atoms with Crippen molar-refractivity contribution in [2.24, 2.45) is 0 Å². The molecule has 1 aliphatic rings. The zero-order valence-corrected chi connectivity index (χ0v) is 14.5. The number of methoxy groups -OCH3 is 1. The molecule has 8 nitrogen and oxygen atoms in total. The highest BCUT2D eigenvalue weighted by Crippen LogP contribution is 2.28. The Kier molecular flexibility index (Phi) is 5.91. The molecular formula is C17H20FN3O5. The quantitative estimate of drug-likeness (QED) is 0.420. The molecule has 1 heterocycles. The SMILES string of the molecule is COC(=O)CCCNC(=O)CN1C(=O)NC(C)(c2ccc(F)cc2)C1=O. The monoisotopic (exact) mass is 365 g/mol. The van der Waals surface area contributed by atoms with E-state index in [1.165, 1.54) is 38.3 Å². The predicted molar refractivity (Wildman–Crippen MR) is 88.3 cm³/mol. The molecule has 0 aromatic heterocycles. The number of nitrogens with zero attached hydrogens (tertiary/aromatic N) is 1. The molecule has 26 heavy (non-hydrogen) atoms. The molecule has 9 heteroatoms. The van der Waals surface area contributed by atoms with E-state index in [0.717, 1.165) is 4.90 Å². The van der Waals surface area contributed by atoms with Crippen LogP contribution in [0.5, 0.6) is 0 Å². The summed E-state index contributed by atoms with van der Waals surface area (Å²) in [5.41, 5.74) is -0.950. The van der Waals surface area contributed by atoms with E-state index in [-0.39, 0.29) is 18.9 Å². The summed E-state index contributed by atoms with van der Waals surface area (Å²) in [5, 5.41) is 5.07. The lowest BCUT2D eigenvalue weighted by atomic mass is 9.92. The van der Waals surface area contributed by atoms with E-state index in [9.17, 15) is 23.6 Å². The number of amides is 4. The molecule has 0 saturated carbocycles. The Hall–Kier alpha value is -2.97. The number of hydrogen-bond acceptors (Lipinski definition) is 5. The number of esters is 1. The summed E-state index contributed by atoms with van der Waals surface area (Å²) in [5.74, 6) is -1.97. The number of imide groups is 1. The molecule has 1 atom stereocenters. The molecule has 0 aliphatic carbocycles. The van der Waals surface area contributed by atoms with Crippen molar-refractivity contribution in [3.63, 3.8) is 0 Å². The molecule has 1 aliphatic heterocycles. The Morgan fingerprint density at radius 2 is 1.92 bits per heavy atom. The zero-order valence-electron chi connectivity index (χ0n) is 14.5. The van der Waals surface area contributed by atoms with Gasteiger partial charge in [0.25, 0.3) is 5.91 Å².